The van der Waals surface area contributed by atoms with Crippen molar-refractivity contribution in [2.24, 2.45) is 0 Å². The van der Waals surface area contributed by atoms with Gasteiger partial charge in [0.15, 0.2) is 0 Å². The van der Waals surface area contributed by atoms with E-state index in [-0.39, 0.29) is 33.1 Å². The van der Waals surface area contributed by atoms with Crippen LogP contribution in [0.1, 0.15) is 69.4 Å². The molecule has 4 nitrogen and oxygen atoms in total. The van der Waals surface area contributed by atoms with Crippen LogP contribution in [0.15, 0.2) is 115 Å². The van der Waals surface area contributed by atoms with Gasteiger partial charge < -0.3 is 9.13 Å². The summed E-state index contributed by atoms with van der Waals surface area (Å²) in [6.07, 6.45) is -4.80. The summed E-state index contributed by atoms with van der Waals surface area (Å²) >= 11 is 0. The molecule has 0 fully saturated rings. The van der Waals surface area contributed by atoms with E-state index in [0.29, 0.717) is 11.4 Å². The Morgan fingerprint density at radius 1 is 0.481 bits per heavy atom. The summed E-state index contributed by atoms with van der Waals surface area (Å²) in [5, 5.41) is 24.9. The van der Waals surface area contributed by atoms with Crippen LogP contribution in [-0.4, -0.2) is 9.13 Å². The van der Waals surface area contributed by atoms with Crippen molar-refractivity contribution in [1.82, 2.24) is 9.13 Å². The molecule has 8 aromatic rings. The second-order valence-electron chi connectivity index (χ2n) is 16.0. The Labute approximate surface area is 311 Å². The molecule has 2 aromatic heterocycles. The predicted octanol–water partition coefficient (Wildman–Crippen LogP) is 12.9. The molecule has 0 saturated heterocycles. The first-order chi connectivity index (χ1) is 25.6. The van der Waals surface area contributed by atoms with Gasteiger partial charge in [0.1, 0.15) is 0 Å². The van der Waals surface area contributed by atoms with E-state index in [2.05, 4.69) is 77.9 Å². The number of aromatic nitrogens is 2. The van der Waals surface area contributed by atoms with Crippen LogP contribution < -0.4 is 0 Å². The van der Waals surface area contributed by atoms with E-state index >= 15 is 13.2 Å². The maximum absolute atomic E-state index is 15.3. The summed E-state index contributed by atoms with van der Waals surface area (Å²) in [6.45, 7) is 12.8. The highest BCUT2D eigenvalue weighted by Crippen LogP contribution is 2.48. The lowest BCUT2D eigenvalue weighted by molar-refractivity contribution is -0.137. The van der Waals surface area contributed by atoms with Crippen LogP contribution >= 0.6 is 0 Å². The lowest BCUT2D eigenvalue weighted by Crippen LogP contribution is -2.12. The Balaban J connectivity index is 1.63. The molecular weight excluding hydrogens is 678 g/mol. The van der Waals surface area contributed by atoms with Crippen LogP contribution in [0.2, 0.25) is 0 Å². The second kappa shape index (κ2) is 12.1. The zero-order valence-electron chi connectivity index (χ0n) is 30.9. The summed E-state index contributed by atoms with van der Waals surface area (Å²) in [5.74, 6) is 0. The van der Waals surface area contributed by atoms with E-state index in [1.165, 1.54) is 12.1 Å². The molecule has 0 atom stereocenters. The molecule has 0 N–H and O–H groups in total. The zero-order chi connectivity index (χ0) is 38.3. The first-order valence-corrected chi connectivity index (χ1v) is 17.9. The van der Waals surface area contributed by atoms with E-state index in [0.717, 1.165) is 60.8 Å². The topological polar surface area (TPSA) is 57.4 Å². The molecule has 0 bridgehead atoms. The standard InChI is InChI=1S/C47H37F3N4/c1-45(2,3)30-18-20-39-34(24-30)32-13-7-9-16-37(32)53(39)41-22-28(26-51)23-42(44(41)43-29(27-52)12-11-15-36(43)47(48,49)50)54-38-17-10-8-14-33(38)35-25-31(46(4,5)6)19-21-40(35)54/h7-25H,1-6H3. The average molecular weight is 715 g/mol. The summed E-state index contributed by atoms with van der Waals surface area (Å²) in [5.41, 5.74) is 4.87. The number of rotatable bonds is 3. The monoisotopic (exact) mass is 714 g/mol. The third-order valence-electron chi connectivity index (χ3n) is 10.5. The first kappa shape index (κ1) is 34.8. The molecule has 0 amide bonds. The van der Waals surface area contributed by atoms with Crippen molar-refractivity contribution < 1.29 is 13.2 Å². The normalized spacial score (nSPS) is 12.5. The number of hydrogen-bond donors (Lipinski definition) is 0. The van der Waals surface area contributed by atoms with Crippen molar-refractivity contribution >= 4 is 43.6 Å². The van der Waals surface area contributed by atoms with E-state index < -0.39 is 11.7 Å². The fraction of sp³-hybridized carbons (Fsp3) is 0.191. The largest absolute Gasteiger partial charge is 0.417 e. The predicted molar refractivity (Wildman–Crippen MR) is 212 cm³/mol. The van der Waals surface area contributed by atoms with Crippen LogP contribution in [0, 0.1) is 22.7 Å². The first-order valence-electron chi connectivity index (χ1n) is 17.9. The molecule has 0 aliphatic rings. The molecule has 0 aliphatic carbocycles. The van der Waals surface area contributed by atoms with Gasteiger partial charge in [-0.25, -0.2) is 0 Å². The highest BCUT2D eigenvalue weighted by molar-refractivity contribution is 6.12. The summed E-state index contributed by atoms with van der Waals surface area (Å²) in [7, 11) is 0. The van der Waals surface area contributed by atoms with Gasteiger partial charge in [0, 0.05) is 32.7 Å². The van der Waals surface area contributed by atoms with Gasteiger partial charge in [-0.2, -0.15) is 23.7 Å². The zero-order valence-corrected chi connectivity index (χ0v) is 30.9. The average Bonchev–Trinajstić information content (AvgIpc) is 3.65. The minimum Gasteiger partial charge on any atom is -0.308 e. The number of para-hydroxylation sites is 2. The lowest BCUT2D eigenvalue weighted by Gasteiger charge is -2.24. The van der Waals surface area contributed by atoms with Crippen LogP contribution in [0.5, 0.6) is 0 Å². The number of hydrogen-bond acceptors (Lipinski definition) is 2. The fourth-order valence-corrected chi connectivity index (χ4v) is 7.83. The molecule has 2 heterocycles. The lowest BCUT2D eigenvalue weighted by atomic mass is 9.86. The van der Waals surface area contributed by atoms with Crippen molar-refractivity contribution in [1.29, 1.82) is 10.5 Å². The van der Waals surface area contributed by atoms with Crippen LogP contribution in [-0.2, 0) is 17.0 Å². The molecule has 266 valence electrons. The van der Waals surface area contributed by atoms with Gasteiger partial charge >= 0.3 is 6.18 Å². The Bertz CT molecular complexity index is 2760. The van der Waals surface area contributed by atoms with Crippen LogP contribution in [0.25, 0.3) is 66.1 Å². The third kappa shape index (κ3) is 5.43. The van der Waals surface area contributed by atoms with Crippen LogP contribution in [0.4, 0.5) is 13.2 Å². The van der Waals surface area contributed by atoms with Gasteiger partial charge in [0.25, 0.3) is 0 Å². The van der Waals surface area contributed by atoms with Gasteiger partial charge in [-0.05, 0) is 82.6 Å². The molecule has 0 saturated carbocycles. The summed E-state index contributed by atoms with van der Waals surface area (Å²) in [6, 6.07) is 39.5. The summed E-state index contributed by atoms with van der Waals surface area (Å²) in [4.78, 5) is 0. The number of halogens is 3. The minimum atomic E-state index is -4.80. The minimum absolute atomic E-state index is 0.122. The number of nitriles is 2. The molecule has 54 heavy (non-hydrogen) atoms. The van der Waals surface area contributed by atoms with Gasteiger partial charge in [0.05, 0.1) is 62.3 Å². The van der Waals surface area contributed by atoms with Crippen molar-refractivity contribution in [2.45, 2.75) is 58.5 Å². The number of nitrogens with zero attached hydrogens (tertiary/aromatic N) is 4. The van der Waals surface area contributed by atoms with Gasteiger partial charge in [-0.15, -0.1) is 0 Å². The number of fused-ring (bicyclic) bond motifs is 6. The SMILES string of the molecule is CC(C)(C)c1ccc2c(c1)c1ccccc1n2-c1cc(C#N)cc(-n2c3ccccc3c3cc(C(C)(C)C)ccc32)c1-c1c(C#N)cccc1C(F)(F)F. The molecule has 0 spiro atoms. The van der Waals surface area contributed by atoms with E-state index in [1.54, 1.807) is 12.1 Å². The third-order valence-corrected chi connectivity index (χ3v) is 10.5. The maximum atomic E-state index is 15.3. The van der Waals surface area contributed by atoms with Gasteiger partial charge in [0.2, 0.25) is 0 Å². The molecule has 6 aromatic carbocycles. The van der Waals surface area contributed by atoms with Crippen molar-refractivity contribution in [3.05, 3.63) is 143 Å². The number of alkyl halides is 3. The quantitative estimate of drug-likeness (QED) is 0.183. The number of benzene rings is 6. The molecule has 8 rings (SSSR count). The highest BCUT2D eigenvalue weighted by atomic mass is 19.4. The van der Waals surface area contributed by atoms with E-state index in [4.69, 9.17) is 0 Å². The Morgan fingerprint density at radius 2 is 0.944 bits per heavy atom. The molecule has 0 unspecified atom stereocenters. The Kier molecular flexibility index (Phi) is 7.80. The van der Waals surface area contributed by atoms with Gasteiger partial charge in [-0.1, -0.05) is 96.1 Å². The molecule has 7 heteroatoms. The van der Waals surface area contributed by atoms with Crippen molar-refractivity contribution in [2.75, 3.05) is 0 Å². The van der Waals surface area contributed by atoms with E-state index in [1.807, 2.05) is 69.8 Å². The molecular formula is C47H37F3N4. The second-order valence-corrected chi connectivity index (χ2v) is 16.0. The maximum Gasteiger partial charge on any atom is 0.417 e. The van der Waals surface area contributed by atoms with E-state index in [9.17, 15) is 10.5 Å². The van der Waals surface area contributed by atoms with Crippen molar-refractivity contribution in [3.63, 3.8) is 0 Å². The summed E-state index contributed by atoms with van der Waals surface area (Å²) < 4.78 is 49.8. The Hall–Kier alpha value is -6.31. The highest BCUT2D eigenvalue weighted by Gasteiger charge is 2.37. The smallest absolute Gasteiger partial charge is 0.308 e. The van der Waals surface area contributed by atoms with Gasteiger partial charge in [-0.3, -0.25) is 0 Å². The van der Waals surface area contributed by atoms with Crippen molar-refractivity contribution in [3.8, 4) is 34.6 Å². The fourth-order valence-electron chi connectivity index (χ4n) is 7.83. The molecule has 0 aliphatic heterocycles. The van der Waals surface area contributed by atoms with Crippen LogP contribution in [0.3, 0.4) is 0 Å². The molecule has 0 radical (unpaired) electrons. The Morgan fingerprint density at radius 3 is 1.37 bits per heavy atom.